The normalized spacial score (nSPS) is 11.1. The molecule has 0 aliphatic carbocycles. The Bertz CT molecular complexity index is 818. The maximum Gasteiger partial charge on any atom is 0.261 e. The number of sulfonamides is 1. The Morgan fingerprint density at radius 3 is 2.35 bits per heavy atom. The molecular weight excluding hydrogens is 336 g/mol. The second kappa shape index (κ2) is 7.02. The van der Waals surface area contributed by atoms with Gasteiger partial charge in [0.25, 0.3) is 10.0 Å². The fourth-order valence-corrected chi connectivity index (χ4v) is 3.29. The van der Waals surface area contributed by atoms with Crippen molar-refractivity contribution in [1.29, 1.82) is 0 Å². The Morgan fingerprint density at radius 2 is 1.78 bits per heavy atom. The van der Waals surface area contributed by atoms with Gasteiger partial charge in [0.05, 0.1) is 15.6 Å². The van der Waals surface area contributed by atoms with Crippen molar-refractivity contribution in [1.82, 2.24) is 5.32 Å². The highest BCUT2D eigenvalue weighted by Gasteiger charge is 2.15. The molecule has 2 N–H and O–H groups in total. The highest BCUT2D eigenvalue weighted by atomic mass is 35.5. The van der Waals surface area contributed by atoms with Crippen molar-refractivity contribution in [3.63, 3.8) is 0 Å². The van der Waals surface area contributed by atoms with E-state index in [1.54, 1.807) is 30.3 Å². The minimum atomic E-state index is -3.70. The molecule has 2 aromatic carbocycles. The average molecular weight is 353 g/mol. The molecule has 0 aliphatic heterocycles. The fraction of sp³-hybridized carbons (Fsp3) is 0.188. The standard InChI is InChI=1S/C16H17ClN2O3S/c1-11-3-6-14(7-4-11)23(21,22)19-16-8-5-13(9-15(16)17)10-18-12(2)20/h3-9,19H,10H2,1-2H3,(H,18,20). The third-order valence-electron chi connectivity index (χ3n) is 3.15. The topological polar surface area (TPSA) is 75.3 Å². The Hall–Kier alpha value is -2.05. The van der Waals surface area contributed by atoms with Crippen molar-refractivity contribution in [2.75, 3.05) is 4.72 Å². The quantitative estimate of drug-likeness (QED) is 0.868. The van der Waals surface area contributed by atoms with E-state index in [9.17, 15) is 13.2 Å². The summed E-state index contributed by atoms with van der Waals surface area (Å²) in [7, 11) is -3.70. The summed E-state index contributed by atoms with van der Waals surface area (Å²) in [5.74, 6) is -0.148. The molecule has 122 valence electrons. The molecule has 7 heteroatoms. The maximum atomic E-state index is 12.3. The number of benzene rings is 2. The maximum absolute atomic E-state index is 12.3. The monoisotopic (exact) mass is 352 g/mol. The molecule has 0 saturated heterocycles. The molecule has 1 amide bonds. The minimum Gasteiger partial charge on any atom is -0.352 e. The first-order valence-corrected chi connectivity index (χ1v) is 8.76. The van der Waals surface area contributed by atoms with Crippen LogP contribution < -0.4 is 10.0 Å². The van der Waals surface area contributed by atoms with Crippen molar-refractivity contribution < 1.29 is 13.2 Å². The van der Waals surface area contributed by atoms with Crippen LogP contribution in [0.15, 0.2) is 47.4 Å². The van der Waals surface area contributed by atoms with Gasteiger partial charge in [0.1, 0.15) is 0 Å². The zero-order valence-electron chi connectivity index (χ0n) is 12.8. The lowest BCUT2D eigenvalue weighted by atomic mass is 10.2. The van der Waals surface area contributed by atoms with Crippen LogP contribution in [0.3, 0.4) is 0 Å². The smallest absolute Gasteiger partial charge is 0.261 e. The summed E-state index contributed by atoms with van der Waals surface area (Å²) in [4.78, 5) is 11.1. The summed E-state index contributed by atoms with van der Waals surface area (Å²) >= 11 is 6.12. The summed E-state index contributed by atoms with van der Waals surface area (Å²) in [6.45, 7) is 3.64. The summed E-state index contributed by atoms with van der Waals surface area (Å²) in [5.41, 5.74) is 2.05. The Kier molecular flexibility index (Phi) is 5.28. The highest BCUT2D eigenvalue weighted by Crippen LogP contribution is 2.26. The average Bonchev–Trinajstić information content (AvgIpc) is 2.48. The Morgan fingerprint density at radius 1 is 1.13 bits per heavy atom. The molecule has 0 heterocycles. The van der Waals surface area contributed by atoms with Crippen LogP contribution in [0.4, 0.5) is 5.69 Å². The number of aryl methyl sites for hydroxylation is 1. The number of hydrogen-bond acceptors (Lipinski definition) is 3. The zero-order valence-corrected chi connectivity index (χ0v) is 14.3. The van der Waals surface area contributed by atoms with Gasteiger partial charge in [0.2, 0.25) is 5.91 Å². The number of anilines is 1. The molecule has 2 aromatic rings. The van der Waals surface area contributed by atoms with Crippen LogP contribution in [-0.4, -0.2) is 14.3 Å². The molecule has 0 aliphatic rings. The van der Waals surface area contributed by atoms with Crippen molar-refractivity contribution in [3.8, 4) is 0 Å². The number of halogens is 1. The second-order valence-corrected chi connectivity index (χ2v) is 7.23. The van der Waals surface area contributed by atoms with Crippen molar-refractivity contribution in [2.45, 2.75) is 25.3 Å². The predicted octanol–water partition coefficient (Wildman–Crippen LogP) is 3.09. The molecule has 2 rings (SSSR count). The molecule has 23 heavy (non-hydrogen) atoms. The molecule has 0 unspecified atom stereocenters. The van der Waals surface area contributed by atoms with Gasteiger partial charge < -0.3 is 5.32 Å². The number of rotatable bonds is 5. The van der Waals surface area contributed by atoms with E-state index in [-0.39, 0.29) is 15.8 Å². The first kappa shape index (κ1) is 17.3. The van der Waals surface area contributed by atoms with Gasteiger partial charge in [-0.05, 0) is 36.8 Å². The number of carbonyl (C=O) groups excluding carboxylic acids is 1. The molecule has 0 saturated carbocycles. The molecular formula is C16H17ClN2O3S. The lowest BCUT2D eigenvalue weighted by Crippen LogP contribution is -2.19. The summed E-state index contributed by atoms with van der Waals surface area (Å²) in [5, 5.41) is 2.92. The van der Waals surface area contributed by atoms with Gasteiger partial charge in [0, 0.05) is 13.5 Å². The van der Waals surface area contributed by atoms with Gasteiger partial charge in [-0.3, -0.25) is 9.52 Å². The van der Waals surface area contributed by atoms with E-state index in [2.05, 4.69) is 10.0 Å². The summed E-state index contributed by atoms with van der Waals surface area (Å²) in [6.07, 6.45) is 0. The summed E-state index contributed by atoms with van der Waals surface area (Å²) in [6, 6.07) is 11.4. The molecule has 0 bridgehead atoms. The van der Waals surface area contributed by atoms with Gasteiger partial charge >= 0.3 is 0 Å². The van der Waals surface area contributed by atoms with E-state index in [1.165, 1.54) is 19.1 Å². The minimum absolute atomic E-state index is 0.148. The number of hydrogen-bond donors (Lipinski definition) is 2. The summed E-state index contributed by atoms with van der Waals surface area (Å²) < 4.78 is 27.1. The predicted molar refractivity (Wildman–Crippen MR) is 91.0 cm³/mol. The van der Waals surface area contributed by atoms with Gasteiger partial charge in [0.15, 0.2) is 0 Å². The lowest BCUT2D eigenvalue weighted by Gasteiger charge is -2.11. The molecule has 0 spiro atoms. The van der Waals surface area contributed by atoms with Crippen LogP contribution in [0.2, 0.25) is 5.02 Å². The van der Waals surface area contributed by atoms with Crippen molar-refractivity contribution in [3.05, 3.63) is 58.6 Å². The molecule has 0 fully saturated rings. The molecule has 0 aromatic heterocycles. The van der Waals surface area contributed by atoms with Gasteiger partial charge in [-0.2, -0.15) is 0 Å². The van der Waals surface area contributed by atoms with Crippen molar-refractivity contribution >= 4 is 33.2 Å². The molecule has 5 nitrogen and oxygen atoms in total. The number of amides is 1. The van der Waals surface area contributed by atoms with Crippen LogP contribution in [0.25, 0.3) is 0 Å². The van der Waals surface area contributed by atoms with E-state index in [4.69, 9.17) is 11.6 Å². The van der Waals surface area contributed by atoms with E-state index in [0.29, 0.717) is 12.2 Å². The van der Waals surface area contributed by atoms with Crippen molar-refractivity contribution in [2.24, 2.45) is 0 Å². The van der Waals surface area contributed by atoms with Gasteiger partial charge in [-0.15, -0.1) is 0 Å². The van der Waals surface area contributed by atoms with E-state index in [1.807, 2.05) is 6.92 Å². The van der Waals surface area contributed by atoms with Crippen LogP contribution >= 0.6 is 11.6 Å². The third-order valence-corrected chi connectivity index (χ3v) is 4.84. The highest BCUT2D eigenvalue weighted by molar-refractivity contribution is 7.92. The largest absolute Gasteiger partial charge is 0.352 e. The second-order valence-electron chi connectivity index (χ2n) is 5.14. The molecule has 0 atom stereocenters. The van der Waals surface area contributed by atoms with E-state index >= 15 is 0 Å². The van der Waals surface area contributed by atoms with Crippen LogP contribution in [0, 0.1) is 6.92 Å². The van der Waals surface area contributed by atoms with E-state index in [0.717, 1.165) is 11.1 Å². The van der Waals surface area contributed by atoms with Crippen LogP contribution in [0.5, 0.6) is 0 Å². The lowest BCUT2D eigenvalue weighted by molar-refractivity contribution is -0.119. The fourth-order valence-electron chi connectivity index (χ4n) is 1.90. The number of carbonyl (C=O) groups is 1. The van der Waals surface area contributed by atoms with Gasteiger partial charge in [-0.1, -0.05) is 35.4 Å². The third kappa shape index (κ3) is 4.71. The Labute approximate surface area is 140 Å². The zero-order chi connectivity index (χ0) is 17.0. The molecule has 0 radical (unpaired) electrons. The first-order chi connectivity index (χ1) is 10.8. The Balaban J connectivity index is 2.19. The number of nitrogens with one attached hydrogen (secondary N) is 2. The van der Waals surface area contributed by atoms with Crippen LogP contribution in [-0.2, 0) is 21.4 Å². The van der Waals surface area contributed by atoms with E-state index < -0.39 is 10.0 Å². The van der Waals surface area contributed by atoms with Crippen LogP contribution in [0.1, 0.15) is 18.1 Å². The van der Waals surface area contributed by atoms with Gasteiger partial charge in [-0.25, -0.2) is 8.42 Å². The first-order valence-electron chi connectivity index (χ1n) is 6.90. The SMILES string of the molecule is CC(=O)NCc1ccc(NS(=O)(=O)c2ccc(C)cc2)c(Cl)c1.